The second-order valence-corrected chi connectivity index (χ2v) is 6.50. The second kappa shape index (κ2) is 7.42. The molecule has 0 fully saturated rings. The second-order valence-electron chi connectivity index (χ2n) is 5.06. The third-order valence-corrected chi connectivity index (χ3v) is 5.02. The smallest absolute Gasteiger partial charge is 0.0223 e. The average molecular weight is 284 g/mol. The molecule has 0 saturated heterocycles. The van der Waals surface area contributed by atoms with Crippen LogP contribution in [0.3, 0.4) is 0 Å². The highest BCUT2D eigenvalue weighted by molar-refractivity contribution is 7.99. The number of hydrogen-bond donors (Lipinski definition) is 0. The summed E-state index contributed by atoms with van der Waals surface area (Å²) in [6, 6.07) is 8.85. The Morgan fingerprint density at radius 2 is 2.11 bits per heavy atom. The molecule has 0 radical (unpaired) electrons. The number of halogens is 1. The molecule has 1 aromatic rings. The standard InChI is InChI=1S/C15H22ClNS/c1-17(10-6-2-5-9-16)11-13-12-18-15-8-4-3-7-14(13)15/h3-4,7-8,13H,2,5-6,9-12H2,1H3. The maximum absolute atomic E-state index is 5.69. The van der Waals surface area contributed by atoms with E-state index in [1.165, 1.54) is 36.6 Å². The largest absolute Gasteiger partial charge is 0.306 e. The number of alkyl halides is 1. The minimum Gasteiger partial charge on any atom is -0.306 e. The molecule has 1 unspecified atom stereocenters. The number of benzene rings is 1. The van der Waals surface area contributed by atoms with Gasteiger partial charge in [0, 0.05) is 29.0 Å². The van der Waals surface area contributed by atoms with Crippen molar-refractivity contribution in [2.45, 2.75) is 30.1 Å². The van der Waals surface area contributed by atoms with Gasteiger partial charge in [-0.25, -0.2) is 0 Å². The number of fused-ring (bicyclic) bond motifs is 1. The van der Waals surface area contributed by atoms with Crippen LogP contribution >= 0.6 is 23.4 Å². The van der Waals surface area contributed by atoms with Gasteiger partial charge in [-0.15, -0.1) is 23.4 Å². The molecule has 3 heteroatoms. The summed E-state index contributed by atoms with van der Waals surface area (Å²) in [4.78, 5) is 3.96. The molecule has 0 N–H and O–H groups in total. The fourth-order valence-electron chi connectivity index (χ4n) is 2.50. The van der Waals surface area contributed by atoms with Crippen LogP contribution in [0.4, 0.5) is 0 Å². The normalized spacial score (nSPS) is 18.3. The summed E-state index contributed by atoms with van der Waals surface area (Å²) in [7, 11) is 2.24. The van der Waals surface area contributed by atoms with Crippen molar-refractivity contribution in [1.29, 1.82) is 0 Å². The van der Waals surface area contributed by atoms with Crippen LogP contribution in [0, 0.1) is 0 Å². The van der Waals surface area contributed by atoms with Crippen LogP contribution in [0.5, 0.6) is 0 Å². The Hall–Kier alpha value is -0.180. The minimum atomic E-state index is 0.712. The van der Waals surface area contributed by atoms with E-state index in [1.807, 2.05) is 11.8 Å². The molecule has 0 aromatic heterocycles. The van der Waals surface area contributed by atoms with E-state index in [9.17, 15) is 0 Å². The zero-order valence-electron chi connectivity index (χ0n) is 11.1. The molecule has 0 bridgehead atoms. The van der Waals surface area contributed by atoms with E-state index in [2.05, 4.69) is 36.2 Å². The third kappa shape index (κ3) is 3.91. The minimum absolute atomic E-state index is 0.712. The highest BCUT2D eigenvalue weighted by Gasteiger charge is 2.23. The predicted molar refractivity (Wildman–Crippen MR) is 82.0 cm³/mol. The van der Waals surface area contributed by atoms with Gasteiger partial charge in [-0.1, -0.05) is 24.6 Å². The summed E-state index contributed by atoms with van der Waals surface area (Å²) in [5.41, 5.74) is 1.55. The first kappa shape index (κ1) is 14.2. The van der Waals surface area contributed by atoms with Crippen LogP contribution < -0.4 is 0 Å². The monoisotopic (exact) mass is 283 g/mol. The molecule has 1 aliphatic heterocycles. The fraction of sp³-hybridized carbons (Fsp3) is 0.600. The molecule has 1 aliphatic rings. The van der Waals surface area contributed by atoms with Crippen LogP contribution in [0.25, 0.3) is 0 Å². The van der Waals surface area contributed by atoms with Gasteiger partial charge in [0.25, 0.3) is 0 Å². The number of unbranched alkanes of at least 4 members (excludes halogenated alkanes) is 2. The van der Waals surface area contributed by atoms with Gasteiger partial charge >= 0.3 is 0 Å². The van der Waals surface area contributed by atoms with Crippen LogP contribution in [-0.2, 0) is 0 Å². The molecule has 2 rings (SSSR count). The quantitative estimate of drug-likeness (QED) is 0.545. The van der Waals surface area contributed by atoms with E-state index in [0.29, 0.717) is 5.92 Å². The molecule has 1 heterocycles. The zero-order chi connectivity index (χ0) is 12.8. The lowest BCUT2D eigenvalue weighted by molar-refractivity contribution is 0.311. The Kier molecular flexibility index (Phi) is 5.87. The van der Waals surface area contributed by atoms with Crippen molar-refractivity contribution in [3.63, 3.8) is 0 Å². The maximum Gasteiger partial charge on any atom is 0.0223 e. The fourth-order valence-corrected chi connectivity index (χ4v) is 3.93. The first-order valence-electron chi connectivity index (χ1n) is 6.77. The van der Waals surface area contributed by atoms with Crippen LogP contribution in [-0.4, -0.2) is 36.7 Å². The van der Waals surface area contributed by atoms with Crippen LogP contribution in [0.1, 0.15) is 30.7 Å². The van der Waals surface area contributed by atoms with E-state index in [1.54, 1.807) is 5.56 Å². The highest BCUT2D eigenvalue weighted by Crippen LogP contribution is 2.39. The van der Waals surface area contributed by atoms with Crippen molar-refractivity contribution in [2.24, 2.45) is 0 Å². The SMILES string of the molecule is CN(CCCCCCl)CC1CSc2ccccc21. The lowest BCUT2D eigenvalue weighted by Gasteiger charge is -2.21. The van der Waals surface area contributed by atoms with Gasteiger partial charge in [-0.3, -0.25) is 0 Å². The predicted octanol–water partition coefficient (Wildman–Crippen LogP) is 4.22. The maximum atomic E-state index is 5.69. The van der Waals surface area contributed by atoms with E-state index >= 15 is 0 Å². The van der Waals surface area contributed by atoms with E-state index in [0.717, 1.165) is 12.3 Å². The topological polar surface area (TPSA) is 3.24 Å². The molecule has 1 atom stereocenters. The lowest BCUT2D eigenvalue weighted by Crippen LogP contribution is -2.25. The molecule has 100 valence electrons. The van der Waals surface area contributed by atoms with Gasteiger partial charge in [-0.05, 0) is 38.1 Å². The van der Waals surface area contributed by atoms with Crippen molar-refractivity contribution in [2.75, 3.05) is 31.8 Å². The zero-order valence-corrected chi connectivity index (χ0v) is 12.6. The van der Waals surface area contributed by atoms with Gasteiger partial charge < -0.3 is 4.90 Å². The summed E-state index contributed by atoms with van der Waals surface area (Å²) in [6.45, 7) is 2.38. The summed E-state index contributed by atoms with van der Waals surface area (Å²) in [6.07, 6.45) is 3.67. The van der Waals surface area contributed by atoms with Crippen LogP contribution in [0.2, 0.25) is 0 Å². The number of rotatable bonds is 7. The number of hydrogen-bond acceptors (Lipinski definition) is 2. The van der Waals surface area contributed by atoms with E-state index < -0.39 is 0 Å². The van der Waals surface area contributed by atoms with Gasteiger partial charge in [0.15, 0.2) is 0 Å². The molecule has 0 spiro atoms. The Labute approximate surface area is 120 Å². The lowest BCUT2D eigenvalue weighted by atomic mass is 10.0. The van der Waals surface area contributed by atoms with Crippen molar-refractivity contribution >= 4 is 23.4 Å². The summed E-state index contributed by atoms with van der Waals surface area (Å²) >= 11 is 7.70. The van der Waals surface area contributed by atoms with Gasteiger partial charge in [0.1, 0.15) is 0 Å². The van der Waals surface area contributed by atoms with Crippen molar-refractivity contribution < 1.29 is 0 Å². The molecule has 0 aliphatic carbocycles. The summed E-state index contributed by atoms with van der Waals surface area (Å²) in [5.74, 6) is 2.76. The van der Waals surface area contributed by atoms with E-state index in [4.69, 9.17) is 11.6 Å². The number of nitrogens with zero attached hydrogens (tertiary/aromatic N) is 1. The highest BCUT2D eigenvalue weighted by atomic mass is 35.5. The van der Waals surface area contributed by atoms with Gasteiger partial charge in [-0.2, -0.15) is 0 Å². The molecular formula is C15H22ClNS. The summed E-state index contributed by atoms with van der Waals surface area (Å²) < 4.78 is 0. The molecule has 0 saturated carbocycles. The summed E-state index contributed by atoms with van der Waals surface area (Å²) in [5, 5.41) is 0. The molecule has 0 amide bonds. The molecule has 1 aromatic carbocycles. The van der Waals surface area contributed by atoms with E-state index in [-0.39, 0.29) is 0 Å². The first-order valence-corrected chi connectivity index (χ1v) is 8.29. The number of likely N-dealkylation sites (N-methyl/N-ethyl adjacent to an activating group) is 1. The van der Waals surface area contributed by atoms with Crippen molar-refractivity contribution in [3.05, 3.63) is 29.8 Å². The molecular weight excluding hydrogens is 262 g/mol. The Balaban J connectivity index is 1.77. The Morgan fingerprint density at radius 1 is 1.28 bits per heavy atom. The van der Waals surface area contributed by atoms with Crippen molar-refractivity contribution in [3.8, 4) is 0 Å². The first-order chi connectivity index (χ1) is 8.81. The van der Waals surface area contributed by atoms with Gasteiger partial charge in [0.2, 0.25) is 0 Å². The Morgan fingerprint density at radius 3 is 2.94 bits per heavy atom. The van der Waals surface area contributed by atoms with Gasteiger partial charge in [0.05, 0.1) is 0 Å². The van der Waals surface area contributed by atoms with Crippen molar-refractivity contribution in [1.82, 2.24) is 4.90 Å². The average Bonchev–Trinajstić information content (AvgIpc) is 2.78. The van der Waals surface area contributed by atoms with Crippen LogP contribution in [0.15, 0.2) is 29.2 Å². The molecule has 18 heavy (non-hydrogen) atoms. The Bertz CT molecular complexity index is 369. The third-order valence-electron chi connectivity index (χ3n) is 3.50. The molecule has 1 nitrogen and oxygen atoms in total. The number of thioether (sulfide) groups is 1.